The van der Waals surface area contributed by atoms with E-state index in [-0.39, 0.29) is 29.7 Å². The maximum Gasteiger partial charge on any atom is 0.229 e. The lowest BCUT2D eigenvalue weighted by Crippen LogP contribution is -2.47. The molecule has 6 heteroatoms. The Hall–Kier alpha value is -2.37. The van der Waals surface area contributed by atoms with Gasteiger partial charge in [0.1, 0.15) is 0 Å². The summed E-state index contributed by atoms with van der Waals surface area (Å²) in [5, 5.41) is 5.81. The second-order valence-corrected chi connectivity index (χ2v) is 8.93. The van der Waals surface area contributed by atoms with Crippen LogP contribution in [-0.2, 0) is 20.8 Å². The molecule has 1 aromatic carbocycles. The number of nitrogens with one attached hydrogen (secondary N) is 2. The Labute approximate surface area is 168 Å². The van der Waals surface area contributed by atoms with Crippen molar-refractivity contribution in [3.63, 3.8) is 0 Å². The molecule has 0 bridgehead atoms. The Balaban J connectivity index is 1.91. The van der Waals surface area contributed by atoms with Crippen molar-refractivity contribution in [2.75, 3.05) is 18.4 Å². The number of rotatable bonds is 5. The SMILES string of the molecule is CC(C)NC(=O)Cc1ccc(NC(=O)C2CCCN(C(=O)C(C)(C)C)C2)cc1. The van der Waals surface area contributed by atoms with Gasteiger partial charge in [0.05, 0.1) is 12.3 Å². The van der Waals surface area contributed by atoms with Gasteiger partial charge in [0, 0.05) is 30.2 Å². The van der Waals surface area contributed by atoms with Crippen molar-refractivity contribution in [1.29, 1.82) is 0 Å². The third-order valence-corrected chi connectivity index (χ3v) is 4.76. The number of anilines is 1. The molecule has 2 N–H and O–H groups in total. The Morgan fingerprint density at radius 2 is 1.79 bits per heavy atom. The first kappa shape index (κ1) is 21.9. The summed E-state index contributed by atoms with van der Waals surface area (Å²) in [6, 6.07) is 7.46. The van der Waals surface area contributed by atoms with E-state index < -0.39 is 5.41 Å². The van der Waals surface area contributed by atoms with Crippen LogP contribution in [0.4, 0.5) is 5.69 Å². The molecule has 1 aromatic rings. The van der Waals surface area contributed by atoms with E-state index in [9.17, 15) is 14.4 Å². The van der Waals surface area contributed by atoms with Crippen LogP contribution in [0.15, 0.2) is 24.3 Å². The van der Waals surface area contributed by atoms with E-state index in [0.717, 1.165) is 18.4 Å². The van der Waals surface area contributed by atoms with Crippen molar-refractivity contribution >= 4 is 23.4 Å². The van der Waals surface area contributed by atoms with Crippen LogP contribution in [0, 0.1) is 11.3 Å². The number of nitrogens with zero attached hydrogens (tertiary/aromatic N) is 1. The minimum absolute atomic E-state index is 0.0161. The Bertz CT molecular complexity index is 705. The molecule has 6 nitrogen and oxygen atoms in total. The summed E-state index contributed by atoms with van der Waals surface area (Å²) in [4.78, 5) is 38.8. The highest BCUT2D eigenvalue weighted by Gasteiger charge is 2.33. The predicted octanol–water partition coefficient (Wildman–Crippen LogP) is 2.98. The van der Waals surface area contributed by atoms with Gasteiger partial charge in [-0.05, 0) is 44.4 Å². The molecule has 0 aliphatic carbocycles. The van der Waals surface area contributed by atoms with Crippen LogP contribution in [0.1, 0.15) is 53.0 Å². The molecular formula is C22H33N3O3. The summed E-state index contributed by atoms with van der Waals surface area (Å²) in [5.74, 6) is -0.181. The molecule has 0 saturated carbocycles. The van der Waals surface area contributed by atoms with Gasteiger partial charge in [-0.3, -0.25) is 14.4 Å². The Morgan fingerprint density at radius 3 is 2.36 bits per heavy atom. The molecule has 3 amide bonds. The fourth-order valence-electron chi connectivity index (χ4n) is 3.36. The maximum absolute atomic E-state index is 12.7. The molecule has 0 radical (unpaired) electrons. The highest BCUT2D eigenvalue weighted by atomic mass is 16.2. The number of piperidine rings is 1. The molecule has 1 unspecified atom stereocenters. The second-order valence-electron chi connectivity index (χ2n) is 8.93. The van der Waals surface area contributed by atoms with E-state index in [1.807, 2.05) is 63.8 Å². The van der Waals surface area contributed by atoms with E-state index in [2.05, 4.69) is 10.6 Å². The zero-order valence-electron chi connectivity index (χ0n) is 17.7. The lowest BCUT2D eigenvalue weighted by Gasteiger charge is -2.35. The van der Waals surface area contributed by atoms with Crippen LogP contribution < -0.4 is 10.6 Å². The van der Waals surface area contributed by atoms with Crippen molar-refractivity contribution in [2.45, 2.75) is 59.9 Å². The van der Waals surface area contributed by atoms with E-state index in [4.69, 9.17) is 0 Å². The minimum atomic E-state index is -0.434. The Morgan fingerprint density at radius 1 is 1.14 bits per heavy atom. The van der Waals surface area contributed by atoms with Gasteiger partial charge in [-0.25, -0.2) is 0 Å². The molecule has 0 spiro atoms. The first-order valence-electron chi connectivity index (χ1n) is 10.0. The van der Waals surface area contributed by atoms with Crippen LogP contribution in [0.5, 0.6) is 0 Å². The fourth-order valence-corrected chi connectivity index (χ4v) is 3.36. The van der Waals surface area contributed by atoms with E-state index in [0.29, 0.717) is 25.2 Å². The third-order valence-electron chi connectivity index (χ3n) is 4.76. The molecule has 1 aliphatic heterocycles. The highest BCUT2D eigenvalue weighted by molar-refractivity contribution is 5.93. The highest BCUT2D eigenvalue weighted by Crippen LogP contribution is 2.24. The molecule has 1 fully saturated rings. The average molecular weight is 388 g/mol. The largest absolute Gasteiger partial charge is 0.354 e. The molecule has 1 aliphatic rings. The van der Waals surface area contributed by atoms with Crippen LogP contribution in [-0.4, -0.2) is 41.8 Å². The topological polar surface area (TPSA) is 78.5 Å². The summed E-state index contributed by atoms with van der Waals surface area (Å²) < 4.78 is 0. The van der Waals surface area contributed by atoms with Crippen LogP contribution in [0.2, 0.25) is 0 Å². The van der Waals surface area contributed by atoms with Gasteiger partial charge >= 0.3 is 0 Å². The normalized spacial score (nSPS) is 17.4. The van der Waals surface area contributed by atoms with E-state index in [1.54, 1.807) is 0 Å². The van der Waals surface area contributed by atoms with Crippen LogP contribution in [0.3, 0.4) is 0 Å². The molecule has 154 valence electrons. The van der Waals surface area contributed by atoms with Gasteiger partial charge in [0.2, 0.25) is 17.7 Å². The average Bonchev–Trinajstić information content (AvgIpc) is 2.61. The quantitative estimate of drug-likeness (QED) is 0.815. The minimum Gasteiger partial charge on any atom is -0.354 e. The summed E-state index contributed by atoms with van der Waals surface area (Å²) in [5.41, 5.74) is 1.17. The van der Waals surface area contributed by atoms with Crippen molar-refractivity contribution in [3.8, 4) is 0 Å². The zero-order valence-corrected chi connectivity index (χ0v) is 17.7. The van der Waals surface area contributed by atoms with Crippen LogP contribution in [0.25, 0.3) is 0 Å². The number of carbonyl (C=O) groups is 3. The smallest absolute Gasteiger partial charge is 0.229 e. The van der Waals surface area contributed by atoms with Gasteiger partial charge < -0.3 is 15.5 Å². The van der Waals surface area contributed by atoms with Crippen LogP contribution >= 0.6 is 0 Å². The van der Waals surface area contributed by atoms with E-state index in [1.165, 1.54) is 0 Å². The summed E-state index contributed by atoms with van der Waals surface area (Å²) in [6.45, 7) is 10.8. The Kier molecular flexibility index (Phi) is 7.22. The number of benzene rings is 1. The van der Waals surface area contributed by atoms with Gasteiger partial charge in [0.15, 0.2) is 0 Å². The van der Waals surface area contributed by atoms with Crippen molar-refractivity contribution in [2.24, 2.45) is 11.3 Å². The number of likely N-dealkylation sites (tertiary alicyclic amines) is 1. The van der Waals surface area contributed by atoms with Crippen molar-refractivity contribution in [3.05, 3.63) is 29.8 Å². The number of carbonyl (C=O) groups excluding carboxylic acids is 3. The molecule has 1 atom stereocenters. The second kappa shape index (κ2) is 9.22. The molecule has 28 heavy (non-hydrogen) atoms. The third kappa shape index (κ3) is 6.36. The molecule has 2 rings (SSSR count). The number of hydrogen-bond acceptors (Lipinski definition) is 3. The lowest BCUT2D eigenvalue weighted by atomic mass is 9.91. The summed E-state index contributed by atoms with van der Waals surface area (Å²) in [6.07, 6.45) is 1.94. The van der Waals surface area contributed by atoms with Gasteiger partial charge in [-0.15, -0.1) is 0 Å². The number of hydrogen-bond donors (Lipinski definition) is 2. The standard InChI is InChI=1S/C22H33N3O3/c1-15(2)23-19(26)13-16-8-10-18(11-9-16)24-20(27)17-7-6-12-25(14-17)21(28)22(3,4)5/h8-11,15,17H,6-7,12-14H2,1-5H3,(H,23,26)(H,24,27). The zero-order chi connectivity index (χ0) is 20.9. The van der Waals surface area contributed by atoms with E-state index >= 15 is 0 Å². The van der Waals surface area contributed by atoms with Crippen molar-refractivity contribution < 1.29 is 14.4 Å². The molecule has 1 saturated heterocycles. The summed E-state index contributed by atoms with van der Waals surface area (Å²) in [7, 11) is 0. The fraction of sp³-hybridized carbons (Fsp3) is 0.591. The lowest BCUT2D eigenvalue weighted by molar-refractivity contribution is -0.142. The van der Waals surface area contributed by atoms with Gasteiger partial charge in [-0.2, -0.15) is 0 Å². The maximum atomic E-state index is 12.7. The van der Waals surface area contributed by atoms with Crippen molar-refractivity contribution in [1.82, 2.24) is 10.2 Å². The summed E-state index contributed by atoms with van der Waals surface area (Å²) >= 11 is 0. The van der Waals surface area contributed by atoms with Gasteiger partial charge in [0.25, 0.3) is 0 Å². The van der Waals surface area contributed by atoms with Gasteiger partial charge in [-0.1, -0.05) is 32.9 Å². The molecule has 1 heterocycles. The first-order valence-corrected chi connectivity index (χ1v) is 10.0. The molecular weight excluding hydrogens is 354 g/mol. The molecule has 0 aromatic heterocycles. The number of amides is 3. The monoisotopic (exact) mass is 387 g/mol. The first-order chi connectivity index (χ1) is 13.1. The predicted molar refractivity (Wildman–Crippen MR) is 111 cm³/mol.